The molecule has 0 unspecified atom stereocenters. The highest BCUT2D eigenvalue weighted by molar-refractivity contribution is 5.94. The Balaban J connectivity index is 1.96. The molecule has 2 aromatic rings. The second kappa shape index (κ2) is 10.9. The molecule has 0 radical (unpaired) electrons. The molecule has 7 nitrogen and oxygen atoms in total. The first kappa shape index (κ1) is 22.1. The molecule has 2 rings (SSSR count). The van der Waals surface area contributed by atoms with Crippen LogP contribution in [0.25, 0.3) is 0 Å². The van der Waals surface area contributed by atoms with Gasteiger partial charge in [-0.15, -0.1) is 0 Å². The summed E-state index contributed by atoms with van der Waals surface area (Å²) < 4.78 is 10.9. The van der Waals surface area contributed by atoms with E-state index in [2.05, 4.69) is 15.6 Å². The topological polar surface area (TPSA) is 75.2 Å². The van der Waals surface area contributed by atoms with Gasteiger partial charge in [0.05, 0.1) is 13.7 Å². The zero-order valence-corrected chi connectivity index (χ0v) is 17.8. The molecule has 0 heterocycles. The molecular weight excluding hydrogens is 368 g/mol. The van der Waals surface area contributed by atoms with Crippen molar-refractivity contribution in [3.05, 3.63) is 53.6 Å². The van der Waals surface area contributed by atoms with Crippen molar-refractivity contribution >= 4 is 17.6 Å². The van der Waals surface area contributed by atoms with E-state index in [0.717, 1.165) is 17.7 Å². The van der Waals surface area contributed by atoms with Crippen molar-refractivity contribution in [3.8, 4) is 11.5 Å². The van der Waals surface area contributed by atoms with Crippen molar-refractivity contribution in [2.45, 2.75) is 13.3 Å². The molecule has 0 fully saturated rings. The van der Waals surface area contributed by atoms with E-state index in [1.807, 2.05) is 49.4 Å². The van der Waals surface area contributed by atoms with Gasteiger partial charge >= 0.3 is 0 Å². The number of guanidine groups is 1. The number of hydrogen-bond acceptors (Lipinski definition) is 4. The van der Waals surface area contributed by atoms with Gasteiger partial charge in [-0.1, -0.05) is 12.1 Å². The van der Waals surface area contributed by atoms with Gasteiger partial charge in [0.2, 0.25) is 0 Å². The molecule has 0 saturated carbocycles. The fourth-order valence-electron chi connectivity index (χ4n) is 2.78. The molecule has 0 saturated heterocycles. The lowest BCUT2D eigenvalue weighted by Gasteiger charge is -2.15. The Hall–Kier alpha value is -3.22. The van der Waals surface area contributed by atoms with Crippen LogP contribution in [0.15, 0.2) is 47.5 Å². The van der Waals surface area contributed by atoms with Crippen LogP contribution < -0.4 is 20.1 Å². The number of aliphatic imine (C=N–C) groups is 1. The summed E-state index contributed by atoms with van der Waals surface area (Å²) in [5, 5.41) is 6.54. The number of benzene rings is 2. The minimum absolute atomic E-state index is 0.00175. The van der Waals surface area contributed by atoms with Crippen molar-refractivity contribution in [2.75, 3.05) is 46.7 Å². The normalized spacial score (nSPS) is 11.0. The molecule has 0 bridgehead atoms. The van der Waals surface area contributed by atoms with Gasteiger partial charge < -0.3 is 25.0 Å². The van der Waals surface area contributed by atoms with Crippen LogP contribution in [0.4, 0.5) is 5.69 Å². The molecular formula is C22H30N4O3. The minimum Gasteiger partial charge on any atom is -0.493 e. The van der Waals surface area contributed by atoms with Crippen molar-refractivity contribution < 1.29 is 14.3 Å². The van der Waals surface area contributed by atoms with Crippen molar-refractivity contribution in [1.29, 1.82) is 0 Å². The largest absolute Gasteiger partial charge is 0.493 e. The fourth-order valence-corrected chi connectivity index (χ4v) is 2.78. The quantitative estimate of drug-likeness (QED) is 0.528. The summed E-state index contributed by atoms with van der Waals surface area (Å²) in [5.74, 6) is 2.02. The molecule has 2 N–H and O–H groups in total. The molecule has 29 heavy (non-hydrogen) atoms. The molecule has 1 amide bonds. The van der Waals surface area contributed by atoms with E-state index in [4.69, 9.17) is 9.47 Å². The first-order valence-electron chi connectivity index (χ1n) is 9.57. The smallest absolute Gasteiger partial charge is 0.253 e. The van der Waals surface area contributed by atoms with Crippen LogP contribution in [0.1, 0.15) is 22.8 Å². The first-order chi connectivity index (χ1) is 14.0. The molecule has 0 aromatic heterocycles. The number of carbonyl (C=O) groups excluding carboxylic acids is 1. The lowest BCUT2D eigenvalue weighted by Crippen LogP contribution is -2.32. The van der Waals surface area contributed by atoms with Gasteiger partial charge in [-0.3, -0.25) is 9.79 Å². The average Bonchev–Trinajstić information content (AvgIpc) is 2.73. The summed E-state index contributed by atoms with van der Waals surface area (Å²) in [5.41, 5.74) is 2.63. The monoisotopic (exact) mass is 398 g/mol. The van der Waals surface area contributed by atoms with E-state index in [0.29, 0.717) is 36.2 Å². The fraction of sp³-hybridized carbons (Fsp3) is 0.364. The summed E-state index contributed by atoms with van der Waals surface area (Å²) in [6.07, 6.45) is 0.766. The lowest BCUT2D eigenvalue weighted by molar-refractivity contribution is 0.0827. The summed E-state index contributed by atoms with van der Waals surface area (Å²) in [6, 6.07) is 13.3. The van der Waals surface area contributed by atoms with Crippen LogP contribution in [0.5, 0.6) is 11.5 Å². The number of hydrogen-bond donors (Lipinski definition) is 2. The Bertz CT molecular complexity index is 850. The molecule has 0 atom stereocenters. The van der Waals surface area contributed by atoms with E-state index >= 15 is 0 Å². The SMILES string of the molecule is CCOc1cc(NC(=NC)NCCc2cccc(C(=O)N(C)C)c2)ccc1OC. The zero-order chi connectivity index (χ0) is 21.2. The van der Waals surface area contributed by atoms with Gasteiger partial charge in [-0.25, -0.2) is 0 Å². The summed E-state index contributed by atoms with van der Waals surface area (Å²) in [4.78, 5) is 18.0. The van der Waals surface area contributed by atoms with E-state index in [9.17, 15) is 4.79 Å². The van der Waals surface area contributed by atoms with Gasteiger partial charge in [0, 0.05) is 45.0 Å². The molecule has 0 spiro atoms. The number of carbonyl (C=O) groups is 1. The molecule has 0 aliphatic heterocycles. The van der Waals surface area contributed by atoms with Gasteiger partial charge in [-0.05, 0) is 43.2 Å². The summed E-state index contributed by atoms with van der Waals surface area (Å²) in [7, 11) is 6.84. The van der Waals surface area contributed by atoms with Crippen LogP contribution in [0.3, 0.4) is 0 Å². The van der Waals surface area contributed by atoms with Gasteiger partial charge in [0.25, 0.3) is 5.91 Å². The van der Waals surface area contributed by atoms with E-state index < -0.39 is 0 Å². The Morgan fingerprint density at radius 3 is 2.59 bits per heavy atom. The maximum atomic E-state index is 12.1. The minimum atomic E-state index is 0.00175. The van der Waals surface area contributed by atoms with E-state index in [-0.39, 0.29) is 5.91 Å². The standard InChI is InChI=1S/C22H30N4O3/c1-6-29-20-15-18(10-11-19(20)28-5)25-22(23-2)24-13-12-16-8-7-9-17(14-16)21(27)26(3)4/h7-11,14-15H,6,12-13H2,1-5H3,(H2,23,24,25). The average molecular weight is 399 g/mol. The number of rotatable bonds is 8. The van der Waals surface area contributed by atoms with E-state index in [1.54, 1.807) is 33.2 Å². The van der Waals surface area contributed by atoms with Crippen LogP contribution in [0.2, 0.25) is 0 Å². The number of anilines is 1. The van der Waals surface area contributed by atoms with Crippen LogP contribution >= 0.6 is 0 Å². The van der Waals surface area contributed by atoms with Gasteiger partial charge in [0.1, 0.15) is 0 Å². The Morgan fingerprint density at radius 2 is 1.93 bits per heavy atom. The number of nitrogens with one attached hydrogen (secondary N) is 2. The summed E-state index contributed by atoms with van der Waals surface area (Å²) >= 11 is 0. The predicted octanol–water partition coefficient (Wildman–Crippen LogP) is 3.03. The van der Waals surface area contributed by atoms with Crippen molar-refractivity contribution in [1.82, 2.24) is 10.2 Å². The highest BCUT2D eigenvalue weighted by Gasteiger charge is 2.09. The third-order valence-corrected chi connectivity index (χ3v) is 4.24. The number of methoxy groups -OCH3 is 1. The Morgan fingerprint density at radius 1 is 1.14 bits per heavy atom. The molecule has 0 aliphatic carbocycles. The number of ether oxygens (including phenoxy) is 2. The Labute approximate surface area is 172 Å². The number of nitrogens with zero attached hydrogens (tertiary/aromatic N) is 2. The second-order valence-electron chi connectivity index (χ2n) is 6.57. The molecule has 0 aliphatic rings. The van der Waals surface area contributed by atoms with E-state index in [1.165, 1.54) is 0 Å². The maximum absolute atomic E-state index is 12.1. The van der Waals surface area contributed by atoms with Gasteiger partial charge in [0.15, 0.2) is 17.5 Å². The lowest BCUT2D eigenvalue weighted by atomic mass is 10.1. The second-order valence-corrected chi connectivity index (χ2v) is 6.57. The van der Waals surface area contributed by atoms with Crippen LogP contribution in [-0.2, 0) is 6.42 Å². The Kier molecular flexibility index (Phi) is 8.33. The molecule has 7 heteroatoms. The van der Waals surface area contributed by atoms with Crippen molar-refractivity contribution in [2.24, 2.45) is 4.99 Å². The van der Waals surface area contributed by atoms with Crippen molar-refractivity contribution in [3.63, 3.8) is 0 Å². The third kappa shape index (κ3) is 6.41. The highest BCUT2D eigenvalue weighted by Crippen LogP contribution is 2.30. The molecule has 156 valence electrons. The first-order valence-corrected chi connectivity index (χ1v) is 9.57. The third-order valence-electron chi connectivity index (χ3n) is 4.24. The highest BCUT2D eigenvalue weighted by atomic mass is 16.5. The molecule has 2 aromatic carbocycles. The predicted molar refractivity (Wildman–Crippen MR) is 117 cm³/mol. The maximum Gasteiger partial charge on any atom is 0.253 e. The van der Waals surface area contributed by atoms with Crippen LogP contribution in [0, 0.1) is 0 Å². The number of amides is 1. The zero-order valence-electron chi connectivity index (χ0n) is 17.8. The van der Waals surface area contributed by atoms with Crippen LogP contribution in [-0.4, -0.2) is 58.2 Å². The summed E-state index contributed by atoms with van der Waals surface area (Å²) in [6.45, 7) is 3.16. The van der Waals surface area contributed by atoms with Gasteiger partial charge in [-0.2, -0.15) is 0 Å².